The summed E-state index contributed by atoms with van der Waals surface area (Å²) in [6.07, 6.45) is 1.74. The van der Waals surface area contributed by atoms with E-state index < -0.39 is 0 Å². The minimum atomic E-state index is 0. The summed E-state index contributed by atoms with van der Waals surface area (Å²) in [5, 5.41) is 11.4. The van der Waals surface area contributed by atoms with Crippen LogP contribution in [0.3, 0.4) is 0 Å². The molecule has 0 unspecified atom stereocenters. The summed E-state index contributed by atoms with van der Waals surface area (Å²) in [7, 11) is 0. The number of para-hydroxylation sites is 2. The number of fused-ring (bicyclic) bond motifs is 2. The number of thiazole rings is 2. The molecule has 0 aliphatic rings. The normalized spacial score (nSPS) is 10.2. The smallest absolute Gasteiger partial charge is 0.124 e. The Kier molecular flexibility index (Phi) is 10.7. The molecule has 44 heavy (non-hydrogen) atoms. The summed E-state index contributed by atoms with van der Waals surface area (Å²) < 4.78 is 2.49. The van der Waals surface area contributed by atoms with Crippen molar-refractivity contribution in [1.82, 2.24) is 15.0 Å². The Morgan fingerprint density at radius 3 is 1.41 bits per heavy atom. The zero-order valence-corrected chi connectivity index (χ0v) is 27.5. The van der Waals surface area contributed by atoms with Crippen LogP contribution in [-0.4, -0.2) is 20.1 Å². The van der Waals surface area contributed by atoms with Gasteiger partial charge in [-0.15, -0.1) is 22.7 Å². The van der Waals surface area contributed by atoms with Gasteiger partial charge in [0.2, 0.25) is 0 Å². The van der Waals surface area contributed by atoms with E-state index in [-0.39, 0.29) is 25.9 Å². The molecular formula is C37H27IrN3OS2. The Balaban J connectivity index is 0.000000130. The molecule has 1 N–H and O–H groups in total. The van der Waals surface area contributed by atoms with Crippen LogP contribution < -0.4 is 0 Å². The predicted octanol–water partition coefficient (Wildman–Crippen LogP) is 10.4. The molecule has 3 heterocycles. The maximum atomic E-state index is 9.25. The Labute approximate surface area is 277 Å². The molecule has 217 valence electrons. The van der Waals surface area contributed by atoms with Crippen LogP contribution in [0.25, 0.3) is 52.8 Å². The summed E-state index contributed by atoms with van der Waals surface area (Å²) in [5.74, 6) is 0.267. The standard InChI is InChI=1S/2C13H9NS.C11H9NO.Ir/c2*1-2-6-10(7-3-1)13-14-11-8-4-5-9-12(11)15-13;13-10-5-3-4-9(8-10)11-6-1-2-7-12-11;/h2*1-9H;1-8,13H;. The maximum absolute atomic E-state index is 9.25. The third-order valence-corrected chi connectivity index (χ3v) is 8.61. The average molecular weight is 786 g/mol. The van der Waals surface area contributed by atoms with Crippen molar-refractivity contribution in [1.29, 1.82) is 0 Å². The first-order valence-corrected chi connectivity index (χ1v) is 15.4. The third-order valence-electron chi connectivity index (χ3n) is 6.44. The van der Waals surface area contributed by atoms with E-state index in [4.69, 9.17) is 0 Å². The van der Waals surface area contributed by atoms with E-state index in [2.05, 4.69) is 75.6 Å². The molecule has 0 aliphatic heterocycles. The largest absolute Gasteiger partial charge is 0.508 e. The van der Waals surface area contributed by atoms with Gasteiger partial charge in [-0.2, -0.15) is 0 Å². The molecule has 0 saturated carbocycles. The number of nitrogens with zero attached hydrogens (tertiary/aromatic N) is 3. The minimum absolute atomic E-state index is 0. The SMILES string of the molecule is Oc1cccc(-c2ccccn2)c1.[Ir].c1ccc(-c2nc3ccccc3s2)cc1.c1ccc(-c2nc3ccccc3s2)cc1. The average Bonchev–Trinajstić information content (AvgIpc) is 3.72. The Morgan fingerprint density at radius 1 is 0.455 bits per heavy atom. The molecular weight excluding hydrogens is 759 g/mol. The number of aromatic hydroxyl groups is 1. The van der Waals surface area contributed by atoms with Gasteiger partial charge in [0.1, 0.15) is 15.8 Å². The van der Waals surface area contributed by atoms with Gasteiger partial charge in [0.05, 0.1) is 26.1 Å². The molecule has 4 nitrogen and oxygen atoms in total. The Morgan fingerprint density at radius 2 is 0.932 bits per heavy atom. The molecule has 8 aromatic rings. The number of benzene rings is 5. The topological polar surface area (TPSA) is 58.9 Å². The Hall–Kier alpha value is -4.52. The van der Waals surface area contributed by atoms with Gasteiger partial charge in [-0.1, -0.05) is 103 Å². The molecule has 3 aromatic heterocycles. The van der Waals surface area contributed by atoms with Crippen LogP contribution in [0.5, 0.6) is 5.75 Å². The molecule has 5 aromatic carbocycles. The first-order valence-electron chi connectivity index (χ1n) is 13.8. The number of phenols is 1. The van der Waals surface area contributed by atoms with Crippen molar-refractivity contribution in [3.05, 3.63) is 158 Å². The molecule has 8 rings (SSSR count). The second-order valence-corrected chi connectivity index (χ2v) is 11.5. The van der Waals surface area contributed by atoms with Crippen LogP contribution >= 0.6 is 22.7 Å². The number of rotatable bonds is 3. The maximum Gasteiger partial charge on any atom is 0.124 e. The zero-order valence-electron chi connectivity index (χ0n) is 23.4. The van der Waals surface area contributed by atoms with Crippen molar-refractivity contribution in [2.75, 3.05) is 0 Å². The van der Waals surface area contributed by atoms with Gasteiger partial charge in [-0.05, 0) is 48.5 Å². The molecule has 1 radical (unpaired) electrons. The van der Waals surface area contributed by atoms with E-state index in [1.165, 1.54) is 20.5 Å². The van der Waals surface area contributed by atoms with Crippen molar-refractivity contribution < 1.29 is 25.2 Å². The summed E-state index contributed by atoms with van der Waals surface area (Å²) >= 11 is 3.48. The number of phenolic OH excluding ortho intramolecular Hbond substituents is 1. The summed E-state index contributed by atoms with van der Waals surface area (Å²) in [6, 6.07) is 49.8. The van der Waals surface area contributed by atoms with Crippen molar-refractivity contribution >= 4 is 43.1 Å². The number of hydrogen-bond donors (Lipinski definition) is 1. The third kappa shape index (κ3) is 7.90. The van der Waals surface area contributed by atoms with Gasteiger partial charge in [0, 0.05) is 43.0 Å². The molecule has 0 bridgehead atoms. The van der Waals surface area contributed by atoms with E-state index in [1.54, 1.807) is 47.1 Å². The van der Waals surface area contributed by atoms with Crippen LogP contribution in [-0.2, 0) is 20.1 Å². The molecule has 0 saturated heterocycles. The van der Waals surface area contributed by atoms with Crippen molar-refractivity contribution in [2.45, 2.75) is 0 Å². The van der Waals surface area contributed by atoms with E-state index in [0.29, 0.717) is 0 Å². The number of aromatic nitrogens is 3. The molecule has 0 spiro atoms. The second-order valence-electron chi connectivity index (χ2n) is 9.47. The van der Waals surface area contributed by atoms with E-state index in [1.807, 2.05) is 72.8 Å². The van der Waals surface area contributed by atoms with Gasteiger partial charge >= 0.3 is 0 Å². The molecule has 0 aliphatic carbocycles. The second kappa shape index (κ2) is 15.3. The fraction of sp³-hybridized carbons (Fsp3) is 0. The summed E-state index contributed by atoms with van der Waals surface area (Å²) in [5.41, 5.74) is 6.36. The first-order chi connectivity index (χ1) is 21.2. The van der Waals surface area contributed by atoms with E-state index >= 15 is 0 Å². The van der Waals surface area contributed by atoms with Crippen LogP contribution in [0.1, 0.15) is 0 Å². The Bertz CT molecular complexity index is 1870. The van der Waals surface area contributed by atoms with E-state index in [9.17, 15) is 5.11 Å². The van der Waals surface area contributed by atoms with Crippen molar-refractivity contribution in [3.8, 4) is 38.1 Å². The van der Waals surface area contributed by atoms with Crippen molar-refractivity contribution in [2.24, 2.45) is 0 Å². The van der Waals surface area contributed by atoms with Gasteiger partial charge in [-0.25, -0.2) is 9.97 Å². The van der Waals surface area contributed by atoms with Gasteiger partial charge in [-0.3, -0.25) is 4.98 Å². The fourth-order valence-corrected chi connectivity index (χ4v) is 6.29. The van der Waals surface area contributed by atoms with Gasteiger partial charge in [0.15, 0.2) is 0 Å². The van der Waals surface area contributed by atoms with Gasteiger partial charge < -0.3 is 5.11 Å². The number of pyridine rings is 1. The van der Waals surface area contributed by atoms with Gasteiger partial charge in [0.25, 0.3) is 0 Å². The molecule has 0 fully saturated rings. The minimum Gasteiger partial charge on any atom is -0.508 e. The quantitative estimate of drug-likeness (QED) is 0.194. The van der Waals surface area contributed by atoms with Crippen LogP contribution in [0.4, 0.5) is 0 Å². The predicted molar refractivity (Wildman–Crippen MR) is 181 cm³/mol. The molecule has 0 amide bonds. The van der Waals surface area contributed by atoms with Crippen LogP contribution in [0.15, 0.2) is 158 Å². The van der Waals surface area contributed by atoms with Crippen molar-refractivity contribution in [3.63, 3.8) is 0 Å². The number of hydrogen-bond acceptors (Lipinski definition) is 6. The fourth-order valence-electron chi connectivity index (χ4n) is 4.35. The monoisotopic (exact) mass is 786 g/mol. The molecule has 7 heteroatoms. The molecule has 0 atom stereocenters. The van der Waals surface area contributed by atoms with E-state index in [0.717, 1.165) is 32.3 Å². The zero-order chi connectivity index (χ0) is 29.3. The first kappa shape index (κ1) is 30.9. The summed E-state index contributed by atoms with van der Waals surface area (Å²) in [4.78, 5) is 13.4. The van der Waals surface area contributed by atoms with Crippen LogP contribution in [0, 0.1) is 0 Å². The summed E-state index contributed by atoms with van der Waals surface area (Å²) in [6.45, 7) is 0. The van der Waals surface area contributed by atoms with Crippen LogP contribution in [0.2, 0.25) is 0 Å².